The molecule has 0 aliphatic carbocycles. The van der Waals surface area contributed by atoms with Crippen LogP contribution in [0.3, 0.4) is 0 Å². The number of hydrogen-bond acceptors (Lipinski definition) is 5. The van der Waals surface area contributed by atoms with E-state index in [1.165, 1.54) is 12.1 Å². The van der Waals surface area contributed by atoms with Crippen LogP contribution in [0.4, 0.5) is 4.39 Å². The molecule has 3 aromatic rings. The number of methoxy groups -OCH3 is 1. The average molecular weight is 411 g/mol. The quantitative estimate of drug-likeness (QED) is 0.541. The zero-order chi connectivity index (χ0) is 21.3. The summed E-state index contributed by atoms with van der Waals surface area (Å²) in [5.74, 6) is 1.40. The number of aryl methyl sites for hydroxylation is 3. The Kier molecular flexibility index (Phi) is 7.54. The topological polar surface area (TPSA) is 77.2 Å². The van der Waals surface area contributed by atoms with Crippen LogP contribution in [0, 0.1) is 5.82 Å². The molecule has 2 aromatic carbocycles. The molecule has 0 radical (unpaired) electrons. The van der Waals surface area contributed by atoms with Crippen molar-refractivity contribution in [3.63, 3.8) is 0 Å². The molecule has 6 nitrogen and oxygen atoms in total. The van der Waals surface area contributed by atoms with Crippen LogP contribution in [0.25, 0.3) is 0 Å². The molecule has 0 aliphatic heterocycles. The average Bonchev–Trinajstić information content (AvgIpc) is 3.23. The van der Waals surface area contributed by atoms with Crippen LogP contribution in [0.5, 0.6) is 5.75 Å². The monoisotopic (exact) mass is 411 g/mol. The molecular weight excluding hydrogens is 385 g/mol. The highest BCUT2D eigenvalue weighted by molar-refractivity contribution is 5.76. The summed E-state index contributed by atoms with van der Waals surface area (Å²) in [5.41, 5.74) is 1.95. The molecule has 0 bridgehead atoms. The third-order valence-electron chi connectivity index (χ3n) is 4.89. The highest BCUT2D eigenvalue weighted by atomic mass is 19.1. The maximum atomic E-state index is 13.1. The van der Waals surface area contributed by atoms with E-state index >= 15 is 0 Å². The first-order valence-corrected chi connectivity index (χ1v) is 10.1. The third-order valence-corrected chi connectivity index (χ3v) is 4.89. The molecule has 0 unspecified atom stereocenters. The van der Waals surface area contributed by atoms with Crippen molar-refractivity contribution in [2.24, 2.45) is 0 Å². The minimum absolute atomic E-state index is 0.111. The standard InChI is InChI=1S/C23H26FN3O3/c1-3-19(16-8-11-18(24)12-9-16)25-21(28)13-15-23-27-26-22(30-23)14-10-17-6-4-5-7-20(17)29-2/h4-9,11-12,19H,3,10,13-15H2,1-2H3,(H,25,28)/t19-/m1/s1. The maximum Gasteiger partial charge on any atom is 0.220 e. The zero-order valence-electron chi connectivity index (χ0n) is 17.2. The van der Waals surface area contributed by atoms with Crippen molar-refractivity contribution in [2.75, 3.05) is 7.11 Å². The van der Waals surface area contributed by atoms with Crippen molar-refractivity contribution in [1.29, 1.82) is 0 Å². The van der Waals surface area contributed by atoms with E-state index in [1.807, 2.05) is 31.2 Å². The molecule has 3 rings (SSSR count). The van der Waals surface area contributed by atoms with Crippen molar-refractivity contribution < 1.29 is 18.3 Å². The highest BCUT2D eigenvalue weighted by Crippen LogP contribution is 2.20. The van der Waals surface area contributed by atoms with E-state index in [1.54, 1.807) is 19.2 Å². The summed E-state index contributed by atoms with van der Waals surface area (Å²) in [6.07, 6.45) is 2.65. The number of carbonyl (C=O) groups is 1. The third kappa shape index (κ3) is 5.89. The molecule has 1 atom stereocenters. The van der Waals surface area contributed by atoms with Gasteiger partial charge in [0.05, 0.1) is 13.2 Å². The molecule has 0 saturated carbocycles. The first-order chi connectivity index (χ1) is 14.6. The number of rotatable bonds is 10. The number of ether oxygens (including phenoxy) is 1. The minimum Gasteiger partial charge on any atom is -0.496 e. The van der Waals surface area contributed by atoms with Crippen LogP contribution in [0.2, 0.25) is 0 Å². The molecule has 158 valence electrons. The van der Waals surface area contributed by atoms with E-state index in [9.17, 15) is 9.18 Å². The molecule has 1 aromatic heterocycles. The first kappa shape index (κ1) is 21.5. The minimum atomic E-state index is -0.294. The molecule has 30 heavy (non-hydrogen) atoms. The summed E-state index contributed by atoms with van der Waals surface area (Å²) in [6.45, 7) is 1.97. The lowest BCUT2D eigenvalue weighted by molar-refractivity contribution is -0.121. The van der Waals surface area contributed by atoms with E-state index in [2.05, 4.69) is 15.5 Å². The Morgan fingerprint density at radius 2 is 1.77 bits per heavy atom. The van der Waals surface area contributed by atoms with Crippen LogP contribution in [0.15, 0.2) is 52.9 Å². The van der Waals surface area contributed by atoms with Gasteiger partial charge in [-0.1, -0.05) is 37.3 Å². The summed E-state index contributed by atoms with van der Waals surface area (Å²) in [5, 5.41) is 11.1. The van der Waals surface area contributed by atoms with Gasteiger partial charge in [0.1, 0.15) is 11.6 Å². The summed E-state index contributed by atoms with van der Waals surface area (Å²) >= 11 is 0. The number of carbonyl (C=O) groups excluding carboxylic acids is 1. The Labute approximate surface area is 175 Å². The number of para-hydroxylation sites is 1. The van der Waals surface area contributed by atoms with Crippen molar-refractivity contribution in [1.82, 2.24) is 15.5 Å². The molecule has 0 saturated heterocycles. The van der Waals surface area contributed by atoms with Gasteiger partial charge in [-0.3, -0.25) is 4.79 Å². The van der Waals surface area contributed by atoms with Gasteiger partial charge in [-0.2, -0.15) is 0 Å². The van der Waals surface area contributed by atoms with Crippen LogP contribution in [-0.4, -0.2) is 23.2 Å². The molecule has 1 N–H and O–H groups in total. The van der Waals surface area contributed by atoms with Gasteiger partial charge < -0.3 is 14.5 Å². The second-order valence-electron chi connectivity index (χ2n) is 6.98. The largest absolute Gasteiger partial charge is 0.496 e. The fourth-order valence-electron chi connectivity index (χ4n) is 3.24. The molecular formula is C23H26FN3O3. The Bertz CT molecular complexity index is 956. The fraction of sp³-hybridized carbons (Fsp3) is 0.348. The molecule has 0 aliphatic rings. The normalized spacial score (nSPS) is 11.8. The first-order valence-electron chi connectivity index (χ1n) is 10.1. The van der Waals surface area contributed by atoms with Gasteiger partial charge in [0.15, 0.2) is 0 Å². The molecule has 7 heteroatoms. The van der Waals surface area contributed by atoms with Gasteiger partial charge in [-0.25, -0.2) is 4.39 Å². The summed E-state index contributed by atoms with van der Waals surface area (Å²) in [7, 11) is 1.65. The van der Waals surface area contributed by atoms with Gasteiger partial charge >= 0.3 is 0 Å². The number of nitrogens with zero attached hydrogens (tertiary/aromatic N) is 2. The Morgan fingerprint density at radius 1 is 1.07 bits per heavy atom. The second kappa shape index (κ2) is 10.5. The summed E-state index contributed by atoms with van der Waals surface area (Å²) < 4.78 is 24.1. The molecule has 1 heterocycles. The molecule has 0 spiro atoms. The summed E-state index contributed by atoms with van der Waals surface area (Å²) in [6, 6.07) is 13.8. The van der Waals surface area contributed by atoms with Gasteiger partial charge in [-0.15, -0.1) is 10.2 Å². The van der Waals surface area contributed by atoms with Crippen molar-refractivity contribution in [2.45, 2.75) is 45.1 Å². The predicted octanol–water partition coefficient (Wildman–Crippen LogP) is 4.20. The van der Waals surface area contributed by atoms with E-state index in [0.717, 1.165) is 23.3 Å². The number of amides is 1. The van der Waals surface area contributed by atoms with Crippen LogP contribution in [0.1, 0.15) is 48.7 Å². The van der Waals surface area contributed by atoms with E-state index in [4.69, 9.17) is 9.15 Å². The Hall–Kier alpha value is -3.22. The lowest BCUT2D eigenvalue weighted by atomic mass is 10.0. The zero-order valence-corrected chi connectivity index (χ0v) is 17.2. The Balaban J connectivity index is 1.48. The van der Waals surface area contributed by atoms with Gasteiger partial charge in [0.2, 0.25) is 17.7 Å². The highest BCUT2D eigenvalue weighted by Gasteiger charge is 2.15. The van der Waals surface area contributed by atoms with Crippen molar-refractivity contribution >= 4 is 5.91 Å². The number of halogens is 1. The summed E-state index contributed by atoms with van der Waals surface area (Å²) in [4.78, 5) is 12.3. The van der Waals surface area contributed by atoms with Gasteiger partial charge in [0, 0.05) is 19.3 Å². The van der Waals surface area contributed by atoms with E-state index in [-0.39, 0.29) is 24.2 Å². The fourth-order valence-corrected chi connectivity index (χ4v) is 3.24. The lowest BCUT2D eigenvalue weighted by Gasteiger charge is -2.17. The van der Waals surface area contributed by atoms with Gasteiger partial charge in [0.25, 0.3) is 0 Å². The van der Waals surface area contributed by atoms with Crippen LogP contribution < -0.4 is 10.1 Å². The van der Waals surface area contributed by atoms with Crippen molar-refractivity contribution in [3.8, 4) is 5.75 Å². The van der Waals surface area contributed by atoms with Crippen molar-refractivity contribution in [3.05, 3.63) is 77.3 Å². The van der Waals surface area contributed by atoms with Crippen LogP contribution in [-0.2, 0) is 24.1 Å². The number of nitrogens with one attached hydrogen (secondary N) is 1. The van der Waals surface area contributed by atoms with Crippen LogP contribution >= 0.6 is 0 Å². The lowest BCUT2D eigenvalue weighted by Crippen LogP contribution is -2.28. The smallest absolute Gasteiger partial charge is 0.220 e. The predicted molar refractivity (Wildman–Crippen MR) is 111 cm³/mol. The van der Waals surface area contributed by atoms with E-state index < -0.39 is 0 Å². The molecule has 0 fully saturated rings. The van der Waals surface area contributed by atoms with Gasteiger partial charge in [-0.05, 0) is 42.2 Å². The Morgan fingerprint density at radius 3 is 2.47 bits per heavy atom. The number of aromatic nitrogens is 2. The second-order valence-corrected chi connectivity index (χ2v) is 6.98. The molecule has 1 amide bonds. The number of benzene rings is 2. The SMILES string of the molecule is CC[C@@H](NC(=O)CCc1nnc(CCc2ccccc2OC)o1)c1ccc(F)cc1. The number of hydrogen-bond donors (Lipinski definition) is 1. The van der Waals surface area contributed by atoms with E-state index in [0.29, 0.717) is 31.0 Å². The maximum absolute atomic E-state index is 13.1.